The predicted octanol–water partition coefficient (Wildman–Crippen LogP) is 0.999. The van der Waals surface area contributed by atoms with Crippen molar-refractivity contribution in [2.75, 3.05) is 32.8 Å². The molecule has 1 aromatic carbocycles. The molecule has 2 aliphatic heterocycles. The van der Waals surface area contributed by atoms with Crippen molar-refractivity contribution in [3.63, 3.8) is 0 Å². The molecule has 6 nitrogen and oxygen atoms in total. The van der Waals surface area contributed by atoms with E-state index in [9.17, 15) is 9.59 Å². The molecular weight excluding hydrogens is 306 g/mol. The third-order valence-corrected chi connectivity index (χ3v) is 4.77. The van der Waals surface area contributed by atoms with Gasteiger partial charge in [0.25, 0.3) is 5.91 Å². The van der Waals surface area contributed by atoms with Gasteiger partial charge in [-0.15, -0.1) is 0 Å². The number of carbonyl (C=O) groups is 2. The van der Waals surface area contributed by atoms with Crippen molar-refractivity contribution in [1.82, 2.24) is 9.80 Å². The summed E-state index contributed by atoms with van der Waals surface area (Å²) in [4.78, 5) is 28.2. The third kappa shape index (κ3) is 3.94. The molecule has 2 heterocycles. The van der Waals surface area contributed by atoms with Crippen molar-refractivity contribution in [2.45, 2.75) is 31.8 Å². The van der Waals surface area contributed by atoms with E-state index in [-0.39, 0.29) is 12.5 Å². The smallest absolute Gasteiger partial charge is 0.254 e. The van der Waals surface area contributed by atoms with Gasteiger partial charge in [-0.3, -0.25) is 14.5 Å². The molecule has 2 fully saturated rings. The van der Waals surface area contributed by atoms with Crippen LogP contribution in [-0.2, 0) is 16.1 Å². The normalized spacial score (nSPS) is 22.3. The molecule has 0 aliphatic carbocycles. The van der Waals surface area contributed by atoms with E-state index in [1.165, 1.54) is 29.7 Å². The zero-order chi connectivity index (χ0) is 16.9. The fraction of sp³-hybridized carbons (Fsp3) is 0.556. The number of hydrogen-bond donors (Lipinski definition) is 1. The number of hydrogen-bond acceptors (Lipinski definition) is 4. The van der Waals surface area contributed by atoms with Gasteiger partial charge in [-0.05, 0) is 43.6 Å². The number of morpholine rings is 1. The van der Waals surface area contributed by atoms with Crippen molar-refractivity contribution in [3.05, 3.63) is 35.4 Å². The van der Waals surface area contributed by atoms with Crippen LogP contribution in [0.2, 0.25) is 0 Å². The highest BCUT2D eigenvalue weighted by Gasteiger charge is 2.31. The molecule has 3 rings (SSSR count). The molecule has 2 aliphatic rings. The van der Waals surface area contributed by atoms with Crippen LogP contribution in [0.5, 0.6) is 0 Å². The van der Waals surface area contributed by atoms with Crippen LogP contribution in [0.15, 0.2) is 24.3 Å². The molecule has 1 unspecified atom stereocenters. The Labute approximate surface area is 142 Å². The number of piperidine rings is 1. The average Bonchev–Trinajstić information content (AvgIpc) is 2.62. The van der Waals surface area contributed by atoms with Gasteiger partial charge in [0.05, 0.1) is 13.2 Å². The second-order valence-electron chi connectivity index (χ2n) is 6.53. The molecule has 2 saturated heterocycles. The number of likely N-dealkylation sites (tertiary alicyclic amines) is 1. The maximum atomic E-state index is 12.7. The van der Waals surface area contributed by atoms with Gasteiger partial charge >= 0.3 is 0 Å². The number of carbonyl (C=O) groups excluding carboxylic acids is 2. The van der Waals surface area contributed by atoms with E-state index in [4.69, 9.17) is 10.5 Å². The lowest BCUT2D eigenvalue weighted by Crippen LogP contribution is -2.54. The van der Waals surface area contributed by atoms with Crippen LogP contribution in [0, 0.1) is 0 Å². The summed E-state index contributed by atoms with van der Waals surface area (Å²) in [5.74, 6) is -0.684. The minimum atomic E-state index is -0.681. The van der Waals surface area contributed by atoms with Gasteiger partial charge in [0.1, 0.15) is 6.04 Å². The van der Waals surface area contributed by atoms with Crippen LogP contribution in [0.3, 0.4) is 0 Å². The Bertz CT molecular complexity index is 582. The maximum absolute atomic E-state index is 12.7. The highest BCUT2D eigenvalue weighted by Crippen LogP contribution is 2.16. The molecule has 6 heteroatoms. The first-order valence-electron chi connectivity index (χ1n) is 8.64. The minimum Gasteiger partial charge on any atom is -0.377 e. The van der Waals surface area contributed by atoms with E-state index in [1.54, 1.807) is 0 Å². The van der Waals surface area contributed by atoms with E-state index in [0.29, 0.717) is 18.7 Å². The Morgan fingerprint density at radius 2 is 1.79 bits per heavy atom. The van der Waals surface area contributed by atoms with E-state index in [1.807, 2.05) is 24.3 Å². The molecule has 0 saturated carbocycles. The first-order valence-corrected chi connectivity index (χ1v) is 8.64. The van der Waals surface area contributed by atoms with E-state index < -0.39 is 11.9 Å². The molecule has 0 bridgehead atoms. The first-order chi connectivity index (χ1) is 11.6. The standard InChI is InChI=1S/C18H25N3O3/c19-17(22)16-13-24-11-10-21(16)18(23)15-6-4-14(5-7-15)12-20-8-2-1-3-9-20/h4-7,16H,1-3,8-13H2,(H2,19,22). The van der Waals surface area contributed by atoms with Gasteiger partial charge in [-0.1, -0.05) is 18.6 Å². The number of amides is 2. The van der Waals surface area contributed by atoms with Crippen LogP contribution >= 0.6 is 0 Å². The summed E-state index contributed by atoms with van der Waals surface area (Å²) < 4.78 is 5.26. The minimum absolute atomic E-state index is 0.161. The number of nitrogens with two attached hydrogens (primary N) is 1. The summed E-state index contributed by atoms with van der Waals surface area (Å²) in [7, 11) is 0. The van der Waals surface area contributed by atoms with Gasteiger partial charge in [-0.2, -0.15) is 0 Å². The highest BCUT2D eigenvalue weighted by molar-refractivity contribution is 5.97. The zero-order valence-electron chi connectivity index (χ0n) is 13.9. The predicted molar refractivity (Wildman–Crippen MR) is 90.4 cm³/mol. The number of nitrogens with zero attached hydrogens (tertiary/aromatic N) is 2. The Morgan fingerprint density at radius 3 is 2.46 bits per heavy atom. The molecule has 0 radical (unpaired) electrons. The van der Waals surface area contributed by atoms with Gasteiger partial charge < -0.3 is 15.4 Å². The first kappa shape index (κ1) is 16.9. The molecule has 1 atom stereocenters. The number of rotatable bonds is 4. The molecule has 24 heavy (non-hydrogen) atoms. The summed E-state index contributed by atoms with van der Waals surface area (Å²) in [6.45, 7) is 4.22. The molecule has 0 aromatic heterocycles. The van der Waals surface area contributed by atoms with Crippen molar-refractivity contribution in [3.8, 4) is 0 Å². The van der Waals surface area contributed by atoms with Crippen LogP contribution in [0.1, 0.15) is 35.2 Å². The second-order valence-corrected chi connectivity index (χ2v) is 6.53. The molecule has 2 amide bonds. The molecule has 1 aromatic rings. The van der Waals surface area contributed by atoms with Gasteiger partial charge in [0.15, 0.2) is 0 Å². The lowest BCUT2D eigenvalue weighted by atomic mass is 10.1. The van der Waals surface area contributed by atoms with Crippen LogP contribution in [-0.4, -0.2) is 60.5 Å². The monoisotopic (exact) mass is 331 g/mol. The molecule has 0 spiro atoms. The summed E-state index contributed by atoms with van der Waals surface area (Å²) in [6, 6.07) is 7.01. The van der Waals surface area contributed by atoms with Gasteiger partial charge in [-0.25, -0.2) is 0 Å². The summed E-state index contributed by atoms with van der Waals surface area (Å²) in [5, 5.41) is 0. The van der Waals surface area contributed by atoms with Crippen molar-refractivity contribution in [2.24, 2.45) is 5.73 Å². The SMILES string of the molecule is NC(=O)C1COCCN1C(=O)c1ccc(CN2CCCCC2)cc1. The summed E-state index contributed by atoms with van der Waals surface area (Å²) in [6.07, 6.45) is 3.86. The van der Waals surface area contributed by atoms with Crippen molar-refractivity contribution < 1.29 is 14.3 Å². The van der Waals surface area contributed by atoms with Gasteiger partial charge in [0, 0.05) is 18.7 Å². The molecule has 130 valence electrons. The lowest BCUT2D eigenvalue weighted by Gasteiger charge is -2.33. The maximum Gasteiger partial charge on any atom is 0.254 e. The fourth-order valence-corrected chi connectivity index (χ4v) is 3.38. The average molecular weight is 331 g/mol. The number of benzene rings is 1. The number of ether oxygens (including phenoxy) is 1. The Balaban J connectivity index is 1.65. The van der Waals surface area contributed by atoms with Crippen molar-refractivity contribution >= 4 is 11.8 Å². The van der Waals surface area contributed by atoms with E-state index in [0.717, 1.165) is 19.6 Å². The topological polar surface area (TPSA) is 75.9 Å². The van der Waals surface area contributed by atoms with Gasteiger partial charge in [0.2, 0.25) is 5.91 Å². The van der Waals surface area contributed by atoms with Crippen LogP contribution in [0.25, 0.3) is 0 Å². The van der Waals surface area contributed by atoms with Crippen LogP contribution in [0.4, 0.5) is 0 Å². The largest absolute Gasteiger partial charge is 0.377 e. The molecule has 2 N–H and O–H groups in total. The third-order valence-electron chi connectivity index (χ3n) is 4.77. The molecular formula is C18H25N3O3. The summed E-state index contributed by atoms with van der Waals surface area (Å²) in [5.41, 5.74) is 7.18. The van der Waals surface area contributed by atoms with E-state index >= 15 is 0 Å². The summed E-state index contributed by atoms with van der Waals surface area (Å²) >= 11 is 0. The fourth-order valence-electron chi connectivity index (χ4n) is 3.38. The Hall–Kier alpha value is -1.92. The highest BCUT2D eigenvalue weighted by atomic mass is 16.5. The number of primary amides is 1. The quantitative estimate of drug-likeness (QED) is 0.893. The Kier molecular flexibility index (Phi) is 5.48. The second kappa shape index (κ2) is 7.77. The van der Waals surface area contributed by atoms with Crippen LogP contribution < -0.4 is 5.73 Å². The Morgan fingerprint density at radius 1 is 1.08 bits per heavy atom. The lowest BCUT2D eigenvalue weighted by molar-refractivity contribution is -0.127. The van der Waals surface area contributed by atoms with Crippen molar-refractivity contribution in [1.29, 1.82) is 0 Å². The van der Waals surface area contributed by atoms with E-state index in [2.05, 4.69) is 4.90 Å². The zero-order valence-corrected chi connectivity index (χ0v) is 13.9.